The van der Waals surface area contributed by atoms with Gasteiger partial charge in [-0.3, -0.25) is 0 Å². The zero-order valence-corrected chi connectivity index (χ0v) is 11.4. The Morgan fingerprint density at radius 3 is 1.06 bits per heavy atom. The molecule has 0 saturated heterocycles. The van der Waals surface area contributed by atoms with Gasteiger partial charge in [0.25, 0.3) is 0 Å². The van der Waals surface area contributed by atoms with Gasteiger partial charge in [0.15, 0.2) is 0 Å². The van der Waals surface area contributed by atoms with Crippen LogP contribution in [0.5, 0.6) is 11.5 Å². The summed E-state index contributed by atoms with van der Waals surface area (Å²) in [6, 6.07) is 15.9. The van der Waals surface area contributed by atoms with Gasteiger partial charge in [-0.05, 0) is 38.1 Å². The second-order valence-electron chi connectivity index (χ2n) is 4.03. The van der Waals surface area contributed by atoms with Crippen molar-refractivity contribution < 1.29 is 9.47 Å². The van der Waals surface area contributed by atoms with E-state index in [0.29, 0.717) is 0 Å². The summed E-state index contributed by atoms with van der Waals surface area (Å²) in [5, 5.41) is 0. The smallest absolute Gasteiger partial charge is 0.118 e. The molecule has 0 fully saturated rings. The van der Waals surface area contributed by atoms with E-state index in [9.17, 15) is 0 Å². The van der Waals surface area contributed by atoms with Gasteiger partial charge in [0.05, 0.1) is 14.2 Å². The normalized spacial score (nSPS) is 9.11. The van der Waals surface area contributed by atoms with Crippen molar-refractivity contribution in [1.82, 2.24) is 0 Å². The molecule has 0 N–H and O–H groups in total. The number of ether oxygens (including phenoxy) is 2. The molecule has 2 heteroatoms. The highest BCUT2D eigenvalue weighted by Crippen LogP contribution is 2.10. The first-order valence-electron chi connectivity index (χ1n) is 5.87. The molecule has 0 aliphatic rings. The third-order valence-corrected chi connectivity index (χ3v) is 2.51. The van der Waals surface area contributed by atoms with E-state index in [0.717, 1.165) is 11.5 Å². The van der Waals surface area contributed by atoms with Crippen LogP contribution in [0, 0.1) is 13.8 Å². The molecule has 0 aliphatic carbocycles. The molecule has 0 amide bonds. The summed E-state index contributed by atoms with van der Waals surface area (Å²) < 4.78 is 9.94. The molecule has 0 saturated carbocycles. The van der Waals surface area contributed by atoms with Crippen molar-refractivity contribution in [1.29, 1.82) is 0 Å². The van der Waals surface area contributed by atoms with Crippen molar-refractivity contribution >= 4 is 0 Å². The lowest BCUT2D eigenvalue weighted by Gasteiger charge is -1.97. The monoisotopic (exact) mass is 244 g/mol. The molecule has 2 rings (SSSR count). The van der Waals surface area contributed by atoms with Crippen LogP contribution in [0.4, 0.5) is 0 Å². The van der Waals surface area contributed by atoms with Crippen molar-refractivity contribution in [2.24, 2.45) is 0 Å². The van der Waals surface area contributed by atoms with E-state index < -0.39 is 0 Å². The molecule has 96 valence electrons. The average Bonchev–Trinajstić information content (AvgIpc) is 2.41. The summed E-state index contributed by atoms with van der Waals surface area (Å²) in [5.41, 5.74) is 2.52. The lowest BCUT2D eigenvalue weighted by atomic mass is 10.2. The highest BCUT2D eigenvalue weighted by atomic mass is 16.5. The van der Waals surface area contributed by atoms with Crippen LogP contribution in [0.1, 0.15) is 11.1 Å². The number of hydrogen-bond donors (Lipinski definition) is 0. The summed E-state index contributed by atoms with van der Waals surface area (Å²) >= 11 is 0. The SMILES string of the molecule is COc1ccc(C)cc1.COc1ccc(C)cc1. The van der Waals surface area contributed by atoms with Crippen LogP contribution in [-0.4, -0.2) is 14.2 Å². The summed E-state index contributed by atoms with van der Waals surface area (Å²) in [4.78, 5) is 0. The third kappa shape index (κ3) is 4.91. The molecule has 2 nitrogen and oxygen atoms in total. The number of benzene rings is 2. The number of methoxy groups -OCH3 is 2. The maximum atomic E-state index is 4.97. The van der Waals surface area contributed by atoms with Crippen molar-refractivity contribution in [2.45, 2.75) is 13.8 Å². The molecule has 0 aliphatic heterocycles. The minimum Gasteiger partial charge on any atom is -0.497 e. The molecular formula is C16H20O2. The fourth-order valence-corrected chi connectivity index (χ4v) is 1.35. The molecule has 0 unspecified atom stereocenters. The van der Waals surface area contributed by atoms with Crippen LogP contribution in [0.25, 0.3) is 0 Å². The Morgan fingerprint density at radius 2 is 0.833 bits per heavy atom. The van der Waals surface area contributed by atoms with Gasteiger partial charge >= 0.3 is 0 Å². The lowest BCUT2D eigenvalue weighted by molar-refractivity contribution is 0.414. The molecule has 2 aromatic rings. The first-order chi connectivity index (χ1) is 8.65. The van der Waals surface area contributed by atoms with Gasteiger partial charge in [-0.1, -0.05) is 35.4 Å². The van der Waals surface area contributed by atoms with Gasteiger partial charge < -0.3 is 9.47 Å². The maximum absolute atomic E-state index is 4.97. The van der Waals surface area contributed by atoms with E-state index in [1.807, 2.05) is 48.5 Å². The highest BCUT2D eigenvalue weighted by Gasteiger charge is 1.86. The Labute approximate surface area is 109 Å². The Bertz CT molecular complexity index is 398. The Hall–Kier alpha value is -1.96. The second kappa shape index (κ2) is 7.38. The van der Waals surface area contributed by atoms with E-state index in [2.05, 4.69) is 13.8 Å². The lowest BCUT2D eigenvalue weighted by Crippen LogP contribution is -1.80. The zero-order chi connectivity index (χ0) is 13.4. The fourth-order valence-electron chi connectivity index (χ4n) is 1.35. The molecule has 0 spiro atoms. The van der Waals surface area contributed by atoms with E-state index >= 15 is 0 Å². The van der Waals surface area contributed by atoms with E-state index in [1.165, 1.54) is 11.1 Å². The first-order valence-corrected chi connectivity index (χ1v) is 5.87. The zero-order valence-electron chi connectivity index (χ0n) is 11.4. The molecule has 0 bridgehead atoms. The Balaban J connectivity index is 0.000000180. The van der Waals surface area contributed by atoms with Gasteiger partial charge in [0.2, 0.25) is 0 Å². The maximum Gasteiger partial charge on any atom is 0.118 e. The molecule has 0 radical (unpaired) electrons. The minimum absolute atomic E-state index is 0.917. The second-order valence-corrected chi connectivity index (χ2v) is 4.03. The topological polar surface area (TPSA) is 18.5 Å². The van der Waals surface area contributed by atoms with Gasteiger partial charge in [-0.15, -0.1) is 0 Å². The summed E-state index contributed by atoms with van der Waals surface area (Å²) in [6.45, 7) is 4.11. The largest absolute Gasteiger partial charge is 0.497 e. The predicted molar refractivity (Wildman–Crippen MR) is 75.5 cm³/mol. The molecule has 0 aromatic heterocycles. The number of rotatable bonds is 2. The quantitative estimate of drug-likeness (QED) is 0.794. The summed E-state index contributed by atoms with van der Waals surface area (Å²) in [6.07, 6.45) is 0. The predicted octanol–water partition coefficient (Wildman–Crippen LogP) is 4.01. The van der Waals surface area contributed by atoms with Crippen LogP contribution in [0.15, 0.2) is 48.5 Å². The van der Waals surface area contributed by atoms with Crippen molar-refractivity contribution in [2.75, 3.05) is 14.2 Å². The van der Waals surface area contributed by atoms with E-state index in [1.54, 1.807) is 14.2 Å². The van der Waals surface area contributed by atoms with Crippen LogP contribution >= 0.6 is 0 Å². The fraction of sp³-hybridized carbons (Fsp3) is 0.250. The van der Waals surface area contributed by atoms with E-state index in [-0.39, 0.29) is 0 Å². The Morgan fingerprint density at radius 1 is 0.556 bits per heavy atom. The molecule has 0 heterocycles. The van der Waals surface area contributed by atoms with Crippen LogP contribution < -0.4 is 9.47 Å². The first kappa shape index (κ1) is 14.1. The highest BCUT2D eigenvalue weighted by molar-refractivity contribution is 5.26. The minimum atomic E-state index is 0.917. The van der Waals surface area contributed by atoms with Crippen molar-refractivity contribution in [3.05, 3.63) is 59.7 Å². The van der Waals surface area contributed by atoms with Crippen molar-refractivity contribution in [3.63, 3.8) is 0 Å². The molecule has 0 atom stereocenters. The molecular weight excluding hydrogens is 224 g/mol. The van der Waals surface area contributed by atoms with Crippen molar-refractivity contribution in [3.8, 4) is 11.5 Å². The molecule has 18 heavy (non-hydrogen) atoms. The molecule has 2 aromatic carbocycles. The summed E-state index contributed by atoms with van der Waals surface area (Å²) in [5.74, 6) is 1.83. The Kier molecular flexibility index (Phi) is 5.78. The third-order valence-electron chi connectivity index (χ3n) is 2.51. The number of aryl methyl sites for hydroxylation is 2. The standard InChI is InChI=1S/2C8H10O/c2*1-7-3-5-8(9-2)6-4-7/h2*3-6H,1-2H3. The van der Waals surface area contributed by atoms with Gasteiger partial charge in [-0.2, -0.15) is 0 Å². The summed E-state index contributed by atoms with van der Waals surface area (Å²) in [7, 11) is 3.34. The van der Waals surface area contributed by atoms with E-state index in [4.69, 9.17) is 9.47 Å². The van der Waals surface area contributed by atoms with Gasteiger partial charge in [0.1, 0.15) is 11.5 Å². The van der Waals surface area contributed by atoms with Gasteiger partial charge in [0, 0.05) is 0 Å². The van der Waals surface area contributed by atoms with Crippen LogP contribution in [0.3, 0.4) is 0 Å². The van der Waals surface area contributed by atoms with Crippen LogP contribution in [-0.2, 0) is 0 Å². The van der Waals surface area contributed by atoms with Crippen LogP contribution in [0.2, 0.25) is 0 Å². The number of hydrogen-bond acceptors (Lipinski definition) is 2. The van der Waals surface area contributed by atoms with Gasteiger partial charge in [-0.25, -0.2) is 0 Å². The average molecular weight is 244 g/mol.